The second-order valence-electron chi connectivity index (χ2n) is 3.16. The molecule has 1 aromatic carbocycles. The lowest BCUT2D eigenvalue weighted by Crippen LogP contribution is -2.17. The molecule has 0 heterocycles. The van der Waals surface area contributed by atoms with E-state index >= 15 is 0 Å². The summed E-state index contributed by atoms with van der Waals surface area (Å²) in [6.45, 7) is 0. The van der Waals surface area contributed by atoms with Gasteiger partial charge < -0.3 is 10.2 Å². The van der Waals surface area contributed by atoms with E-state index in [0.717, 1.165) is 0 Å². The Bertz CT molecular complexity index is 633. The van der Waals surface area contributed by atoms with Crippen molar-refractivity contribution in [3.05, 3.63) is 34.7 Å². The van der Waals surface area contributed by atoms with Crippen molar-refractivity contribution in [3.63, 3.8) is 0 Å². The molecule has 88 valence electrons. The molecule has 1 aromatic rings. The van der Waals surface area contributed by atoms with Gasteiger partial charge in [-0.1, -0.05) is 24.3 Å². The Morgan fingerprint density at radius 1 is 0.833 bits per heavy atom. The fourth-order valence-corrected chi connectivity index (χ4v) is 1.28. The van der Waals surface area contributed by atoms with Gasteiger partial charge in [-0.3, -0.25) is 0 Å². The Morgan fingerprint density at radius 2 is 1.11 bits per heavy atom. The molecule has 0 spiro atoms. The first-order chi connectivity index (χ1) is 8.51. The molecule has 6 heteroatoms. The first-order valence-corrected chi connectivity index (χ1v) is 4.62. The third-order valence-corrected chi connectivity index (χ3v) is 2.11. The Morgan fingerprint density at radius 3 is 1.28 bits per heavy atom. The number of aliphatic carboxylic acids is 2. The highest BCUT2D eigenvalue weighted by molar-refractivity contribution is 6.15. The van der Waals surface area contributed by atoms with Crippen molar-refractivity contribution in [2.75, 3.05) is 0 Å². The monoisotopic (exact) mass is 242 g/mol. The average molecular weight is 242 g/mol. The number of carbonyl (C=O) groups is 2. The quantitative estimate of drug-likeness (QED) is 0.700. The summed E-state index contributed by atoms with van der Waals surface area (Å²) < 4.78 is 0. The minimum absolute atomic E-state index is 0.149. The van der Waals surface area contributed by atoms with Crippen LogP contribution in [0.25, 0.3) is 11.1 Å². The summed E-state index contributed by atoms with van der Waals surface area (Å²) in [7, 11) is 0. The zero-order valence-electron chi connectivity index (χ0n) is 8.91. The zero-order chi connectivity index (χ0) is 13.7. The van der Waals surface area contributed by atoms with E-state index < -0.39 is 23.1 Å². The fourth-order valence-electron chi connectivity index (χ4n) is 1.28. The van der Waals surface area contributed by atoms with E-state index in [1.807, 2.05) is 0 Å². The number of benzene rings is 1. The summed E-state index contributed by atoms with van der Waals surface area (Å²) in [5, 5.41) is 35.0. The van der Waals surface area contributed by atoms with E-state index in [1.165, 1.54) is 36.4 Å². The minimum atomic E-state index is -1.37. The molecular formula is C12H6N2O4. The van der Waals surface area contributed by atoms with Gasteiger partial charge in [0.1, 0.15) is 23.3 Å². The van der Waals surface area contributed by atoms with Gasteiger partial charge in [-0.05, 0) is 10.4 Å². The number of nitrogens with zero attached hydrogens (tertiary/aromatic N) is 2. The number of carboxylic acids is 2. The van der Waals surface area contributed by atoms with E-state index in [2.05, 4.69) is 0 Å². The summed E-state index contributed by atoms with van der Waals surface area (Å²) in [5.41, 5.74) is -0.897. The van der Waals surface area contributed by atoms with Gasteiger partial charge >= 0.3 is 11.9 Å². The van der Waals surface area contributed by atoms with Crippen molar-refractivity contribution in [1.29, 1.82) is 10.5 Å². The van der Waals surface area contributed by atoms with E-state index in [0.29, 0.717) is 0 Å². The topological polar surface area (TPSA) is 122 Å². The SMILES string of the molecule is N#CC(C(=O)O)=c1ccc(=C(C#N)C(=O)O)cc1. The third-order valence-electron chi connectivity index (χ3n) is 2.11. The highest BCUT2D eigenvalue weighted by Gasteiger charge is 2.08. The van der Waals surface area contributed by atoms with Crippen molar-refractivity contribution in [3.8, 4) is 12.1 Å². The van der Waals surface area contributed by atoms with Crippen LogP contribution in [-0.4, -0.2) is 22.2 Å². The van der Waals surface area contributed by atoms with E-state index in [4.69, 9.17) is 20.7 Å². The minimum Gasteiger partial charge on any atom is -0.477 e. The predicted octanol–water partition coefficient (Wildman–Crippen LogP) is -0.796. The molecule has 0 fully saturated rings. The number of hydrogen-bond acceptors (Lipinski definition) is 4. The van der Waals surface area contributed by atoms with Gasteiger partial charge in [-0.2, -0.15) is 10.5 Å². The van der Waals surface area contributed by atoms with Crippen LogP contribution in [0.15, 0.2) is 24.3 Å². The first kappa shape index (κ1) is 12.9. The molecule has 0 aliphatic carbocycles. The molecule has 0 saturated heterocycles. The molecule has 18 heavy (non-hydrogen) atoms. The van der Waals surface area contributed by atoms with Crippen LogP contribution in [0.5, 0.6) is 0 Å². The fraction of sp³-hybridized carbons (Fsp3) is 0. The Balaban J connectivity index is 3.60. The van der Waals surface area contributed by atoms with Crippen LogP contribution in [0.2, 0.25) is 0 Å². The maximum atomic E-state index is 10.7. The van der Waals surface area contributed by atoms with Crippen LogP contribution in [-0.2, 0) is 9.59 Å². The first-order valence-electron chi connectivity index (χ1n) is 4.62. The molecule has 0 aliphatic heterocycles. The van der Waals surface area contributed by atoms with Crippen molar-refractivity contribution in [2.45, 2.75) is 0 Å². The Hall–Kier alpha value is -3.12. The van der Waals surface area contributed by atoms with Gasteiger partial charge in [0.05, 0.1) is 0 Å². The van der Waals surface area contributed by atoms with Gasteiger partial charge in [0.15, 0.2) is 0 Å². The maximum Gasteiger partial charge on any atom is 0.347 e. The molecule has 0 radical (unpaired) electrons. The number of carboxylic acid groups (broad SMARTS) is 2. The third kappa shape index (κ3) is 2.52. The van der Waals surface area contributed by atoms with Gasteiger partial charge in [-0.25, -0.2) is 9.59 Å². The molecular weight excluding hydrogens is 236 g/mol. The molecule has 2 N–H and O–H groups in total. The molecule has 0 amide bonds. The van der Waals surface area contributed by atoms with Crippen molar-refractivity contribution in [1.82, 2.24) is 0 Å². The summed E-state index contributed by atoms with van der Waals surface area (Å²) in [4.78, 5) is 21.4. The summed E-state index contributed by atoms with van der Waals surface area (Å²) in [5.74, 6) is -2.74. The largest absolute Gasteiger partial charge is 0.477 e. The second-order valence-corrected chi connectivity index (χ2v) is 3.16. The molecule has 0 saturated carbocycles. The highest BCUT2D eigenvalue weighted by atomic mass is 16.4. The average Bonchev–Trinajstić information content (AvgIpc) is 2.32. The van der Waals surface area contributed by atoms with Gasteiger partial charge in [0, 0.05) is 0 Å². The maximum absolute atomic E-state index is 10.7. The summed E-state index contributed by atoms with van der Waals surface area (Å²) in [6, 6.07) is 8.18. The van der Waals surface area contributed by atoms with Crippen LogP contribution >= 0.6 is 0 Å². The molecule has 0 aromatic heterocycles. The molecule has 1 rings (SSSR count). The van der Waals surface area contributed by atoms with Crippen LogP contribution in [0.1, 0.15) is 0 Å². The second kappa shape index (κ2) is 5.28. The van der Waals surface area contributed by atoms with E-state index in [-0.39, 0.29) is 10.4 Å². The van der Waals surface area contributed by atoms with Crippen molar-refractivity contribution in [2.24, 2.45) is 0 Å². The lowest BCUT2D eigenvalue weighted by Gasteiger charge is -1.93. The zero-order valence-corrected chi connectivity index (χ0v) is 8.91. The summed E-state index contributed by atoms with van der Waals surface area (Å²) in [6.07, 6.45) is 0. The molecule has 0 atom stereocenters. The number of nitriles is 2. The number of hydrogen-bond donors (Lipinski definition) is 2. The van der Waals surface area contributed by atoms with Gasteiger partial charge in [0.25, 0.3) is 0 Å². The van der Waals surface area contributed by atoms with Crippen LogP contribution < -0.4 is 10.4 Å². The number of rotatable bonds is 2. The van der Waals surface area contributed by atoms with Crippen molar-refractivity contribution >= 4 is 23.1 Å². The van der Waals surface area contributed by atoms with Crippen LogP contribution in [0, 0.1) is 22.7 Å². The van der Waals surface area contributed by atoms with E-state index in [1.54, 1.807) is 0 Å². The van der Waals surface area contributed by atoms with Gasteiger partial charge in [0.2, 0.25) is 0 Å². The normalized spacial score (nSPS) is 8.78. The molecule has 0 unspecified atom stereocenters. The molecule has 6 nitrogen and oxygen atoms in total. The Labute approximate surface area is 101 Å². The van der Waals surface area contributed by atoms with Gasteiger partial charge in [-0.15, -0.1) is 0 Å². The molecule has 0 bridgehead atoms. The highest BCUT2D eigenvalue weighted by Crippen LogP contribution is 1.92. The Kier molecular flexibility index (Phi) is 3.80. The van der Waals surface area contributed by atoms with Crippen LogP contribution in [0.4, 0.5) is 0 Å². The lowest BCUT2D eigenvalue weighted by molar-refractivity contribution is -0.131. The predicted molar refractivity (Wildman–Crippen MR) is 59.0 cm³/mol. The van der Waals surface area contributed by atoms with Crippen LogP contribution in [0.3, 0.4) is 0 Å². The van der Waals surface area contributed by atoms with E-state index in [9.17, 15) is 9.59 Å². The lowest BCUT2D eigenvalue weighted by atomic mass is 10.1. The summed E-state index contributed by atoms with van der Waals surface area (Å²) >= 11 is 0. The molecule has 0 aliphatic rings. The standard InChI is InChI=1S/C12H6N2O4/c13-5-9(11(15)16)7-1-2-8(4-3-7)10(6-14)12(17)18/h1-4H,(H,15,16)(H,17,18). The smallest absolute Gasteiger partial charge is 0.347 e. The van der Waals surface area contributed by atoms with Crippen molar-refractivity contribution < 1.29 is 19.8 Å².